The molecule has 16 heavy (non-hydrogen) atoms. The average molecular weight is 214 g/mol. The van der Waals surface area contributed by atoms with Crippen molar-refractivity contribution in [3.63, 3.8) is 0 Å². The van der Waals surface area contributed by atoms with Gasteiger partial charge in [-0.25, -0.2) is 0 Å². The van der Waals surface area contributed by atoms with Crippen LogP contribution < -0.4 is 0 Å². The molecule has 1 heterocycles. The number of carbonyl (C=O) groups is 1. The summed E-state index contributed by atoms with van der Waals surface area (Å²) in [4.78, 5) is 11.6. The zero-order chi connectivity index (χ0) is 11.3. The second kappa shape index (κ2) is 3.17. The summed E-state index contributed by atoms with van der Waals surface area (Å²) >= 11 is 0. The quantitative estimate of drug-likeness (QED) is 0.720. The van der Waals surface area contributed by atoms with Crippen LogP contribution in [0.3, 0.4) is 0 Å². The zero-order valence-electron chi connectivity index (χ0n) is 9.53. The van der Waals surface area contributed by atoms with Gasteiger partial charge < -0.3 is 0 Å². The number of fused-ring (bicyclic) bond motifs is 1. The Morgan fingerprint density at radius 1 is 1.44 bits per heavy atom. The van der Waals surface area contributed by atoms with Gasteiger partial charge in [0.15, 0.2) is 5.78 Å². The first-order chi connectivity index (χ1) is 7.68. The van der Waals surface area contributed by atoms with Crippen LogP contribution in [0, 0.1) is 0 Å². The van der Waals surface area contributed by atoms with E-state index in [1.165, 1.54) is 18.5 Å². The van der Waals surface area contributed by atoms with E-state index in [0.717, 1.165) is 16.5 Å². The molecule has 1 aliphatic rings. The first-order valence-corrected chi connectivity index (χ1v) is 5.65. The number of nitrogens with zero attached hydrogens (tertiary/aromatic N) is 2. The molecule has 3 rings (SSSR count). The summed E-state index contributed by atoms with van der Waals surface area (Å²) < 4.78 is 1.94. The van der Waals surface area contributed by atoms with Crippen molar-refractivity contribution in [2.75, 3.05) is 0 Å². The summed E-state index contributed by atoms with van der Waals surface area (Å²) in [6.45, 7) is 1.62. The van der Waals surface area contributed by atoms with Crippen LogP contribution >= 0.6 is 0 Å². The predicted molar refractivity (Wildman–Crippen MR) is 62.7 cm³/mol. The number of hydrogen-bond acceptors (Lipinski definition) is 2. The maximum absolute atomic E-state index is 11.6. The zero-order valence-corrected chi connectivity index (χ0v) is 9.53. The maximum Gasteiger partial charge on any atom is 0.160 e. The summed E-state index contributed by atoms with van der Waals surface area (Å²) in [6, 6.07) is 5.79. The molecular formula is C13H14N2O. The third kappa shape index (κ3) is 1.28. The summed E-state index contributed by atoms with van der Waals surface area (Å²) in [5, 5.41) is 5.55. The number of Topliss-reactive ketones (excluding diaryl/α,β-unsaturated/α-hetero) is 1. The lowest BCUT2D eigenvalue weighted by Gasteiger charge is -2.02. The van der Waals surface area contributed by atoms with Gasteiger partial charge in [0.05, 0.1) is 5.52 Å². The van der Waals surface area contributed by atoms with Crippen molar-refractivity contribution in [2.24, 2.45) is 7.05 Å². The maximum atomic E-state index is 11.6. The molecule has 0 N–H and O–H groups in total. The van der Waals surface area contributed by atoms with Crippen LogP contribution in [0.4, 0.5) is 0 Å². The van der Waals surface area contributed by atoms with E-state index < -0.39 is 0 Å². The van der Waals surface area contributed by atoms with Crippen molar-refractivity contribution < 1.29 is 4.79 Å². The molecule has 0 bridgehead atoms. The molecule has 0 unspecified atom stereocenters. The second-order valence-electron chi connectivity index (χ2n) is 4.54. The molecule has 1 saturated carbocycles. The molecule has 0 saturated heterocycles. The first kappa shape index (κ1) is 9.58. The Morgan fingerprint density at radius 2 is 2.19 bits per heavy atom. The van der Waals surface area contributed by atoms with Crippen LogP contribution in [0.5, 0.6) is 0 Å². The molecule has 0 amide bonds. The van der Waals surface area contributed by atoms with Crippen molar-refractivity contribution >= 4 is 16.7 Å². The molecule has 82 valence electrons. The second-order valence-corrected chi connectivity index (χ2v) is 4.54. The minimum absolute atomic E-state index is 0.125. The van der Waals surface area contributed by atoms with Crippen molar-refractivity contribution in [2.45, 2.75) is 25.7 Å². The molecule has 0 radical (unpaired) electrons. The van der Waals surface area contributed by atoms with E-state index in [1.807, 2.05) is 29.9 Å². The lowest BCUT2D eigenvalue weighted by Crippen LogP contribution is -1.98. The Morgan fingerprint density at radius 3 is 2.81 bits per heavy atom. The number of carbonyl (C=O) groups excluding carboxylic acids is 1. The molecule has 1 aromatic carbocycles. The lowest BCUT2D eigenvalue weighted by molar-refractivity contribution is 0.101. The molecule has 2 aromatic rings. The van der Waals surface area contributed by atoms with Crippen LogP contribution in [0.25, 0.3) is 10.9 Å². The highest BCUT2D eigenvalue weighted by Gasteiger charge is 2.30. The number of hydrogen-bond donors (Lipinski definition) is 0. The number of aryl methyl sites for hydroxylation is 1. The van der Waals surface area contributed by atoms with Crippen molar-refractivity contribution in [1.82, 2.24) is 9.78 Å². The molecule has 0 aliphatic heterocycles. The van der Waals surface area contributed by atoms with E-state index in [9.17, 15) is 4.79 Å². The first-order valence-electron chi connectivity index (χ1n) is 5.65. The van der Waals surface area contributed by atoms with Gasteiger partial charge in [0.2, 0.25) is 0 Å². The standard InChI is InChI=1S/C13H14N2O/c1-8(16)10-4-3-5-11-12(10)13(9-6-7-9)15(2)14-11/h3-5,9H,6-7H2,1-2H3. The normalized spacial score (nSPS) is 15.6. The Hall–Kier alpha value is -1.64. The minimum atomic E-state index is 0.125. The van der Waals surface area contributed by atoms with Gasteiger partial charge in [0.1, 0.15) is 0 Å². The number of aromatic nitrogens is 2. The van der Waals surface area contributed by atoms with Gasteiger partial charge >= 0.3 is 0 Å². The van der Waals surface area contributed by atoms with Crippen LogP contribution in [0.2, 0.25) is 0 Å². The van der Waals surface area contributed by atoms with Crippen LogP contribution in [0.1, 0.15) is 41.7 Å². The topological polar surface area (TPSA) is 34.9 Å². The lowest BCUT2D eigenvalue weighted by atomic mass is 10.0. The van der Waals surface area contributed by atoms with Gasteiger partial charge in [-0.15, -0.1) is 0 Å². The summed E-state index contributed by atoms with van der Waals surface area (Å²) in [5.74, 6) is 0.732. The van der Waals surface area contributed by atoms with Crippen molar-refractivity contribution in [1.29, 1.82) is 0 Å². The van der Waals surface area contributed by atoms with E-state index in [-0.39, 0.29) is 5.78 Å². The van der Waals surface area contributed by atoms with E-state index in [0.29, 0.717) is 5.92 Å². The van der Waals surface area contributed by atoms with Crippen LogP contribution in [-0.2, 0) is 7.05 Å². The van der Waals surface area contributed by atoms with Gasteiger partial charge in [-0.1, -0.05) is 12.1 Å². The van der Waals surface area contributed by atoms with Crippen molar-refractivity contribution in [3.05, 3.63) is 29.5 Å². The molecule has 0 spiro atoms. The monoisotopic (exact) mass is 214 g/mol. The highest BCUT2D eigenvalue weighted by molar-refractivity contribution is 6.07. The fraction of sp³-hybridized carbons (Fsp3) is 0.385. The SMILES string of the molecule is CC(=O)c1cccc2nn(C)c(C3CC3)c12. The smallest absolute Gasteiger partial charge is 0.160 e. The predicted octanol–water partition coefficient (Wildman–Crippen LogP) is 2.65. The fourth-order valence-corrected chi connectivity index (χ4v) is 2.39. The van der Waals surface area contributed by atoms with Crippen LogP contribution in [-0.4, -0.2) is 15.6 Å². The van der Waals surface area contributed by atoms with Crippen LogP contribution in [0.15, 0.2) is 18.2 Å². The van der Waals surface area contributed by atoms with Gasteiger partial charge in [0.25, 0.3) is 0 Å². The third-order valence-corrected chi connectivity index (χ3v) is 3.25. The summed E-state index contributed by atoms with van der Waals surface area (Å²) in [7, 11) is 1.97. The molecule has 3 heteroatoms. The highest BCUT2D eigenvalue weighted by Crippen LogP contribution is 2.43. The number of ketones is 1. The fourth-order valence-electron chi connectivity index (χ4n) is 2.39. The number of benzene rings is 1. The summed E-state index contributed by atoms with van der Waals surface area (Å²) in [5.41, 5.74) is 2.99. The Bertz CT molecular complexity index is 579. The van der Waals surface area contributed by atoms with Gasteiger partial charge in [-0.05, 0) is 25.8 Å². The molecule has 3 nitrogen and oxygen atoms in total. The molecule has 0 atom stereocenters. The number of rotatable bonds is 2. The van der Waals surface area contributed by atoms with E-state index in [4.69, 9.17) is 0 Å². The van der Waals surface area contributed by atoms with Crippen molar-refractivity contribution in [3.8, 4) is 0 Å². The molecule has 1 aliphatic carbocycles. The molecule has 1 aromatic heterocycles. The highest BCUT2D eigenvalue weighted by atomic mass is 16.1. The molecule has 1 fully saturated rings. The average Bonchev–Trinajstić information content (AvgIpc) is 3.00. The van der Waals surface area contributed by atoms with Gasteiger partial charge in [-0.3, -0.25) is 9.48 Å². The molecular weight excluding hydrogens is 200 g/mol. The Kier molecular flexibility index (Phi) is 1.90. The van der Waals surface area contributed by atoms with Gasteiger partial charge in [0, 0.05) is 29.6 Å². The summed E-state index contributed by atoms with van der Waals surface area (Å²) in [6.07, 6.45) is 2.45. The Labute approximate surface area is 94.1 Å². The van der Waals surface area contributed by atoms with E-state index in [2.05, 4.69) is 5.10 Å². The Balaban J connectivity index is 2.38. The largest absolute Gasteiger partial charge is 0.294 e. The minimum Gasteiger partial charge on any atom is -0.294 e. The van der Waals surface area contributed by atoms with E-state index >= 15 is 0 Å². The van der Waals surface area contributed by atoms with Gasteiger partial charge in [-0.2, -0.15) is 5.10 Å². The third-order valence-electron chi connectivity index (χ3n) is 3.25. The van der Waals surface area contributed by atoms with E-state index in [1.54, 1.807) is 6.92 Å².